The first-order valence-electron chi connectivity index (χ1n) is 8.12. The van der Waals surface area contributed by atoms with Crippen LogP contribution in [0.4, 0.5) is 5.69 Å². The third-order valence-corrected chi connectivity index (χ3v) is 4.05. The van der Waals surface area contributed by atoms with Gasteiger partial charge in [-0.25, -0.2) is 0 Å². The minimum absolute atomic E-state index is 0.109. The molecule has 0 saturated carbocycles. The maximum atomic E-state index is 11.9. The molecule has 0 radical (unpaired) electrons. The Morgan fingerprint density at radius 3 is 2.57 bits per heavy atom. The van der Waals surface area contributed by atoms with Crippen molar-refractivity contribution < 1.29 is 9.53 Å². The molecule has 1 aromatic carbocycles. The van der Waals surface area contributed by atoms with Gasteiger partial charge in [-0.3, -0.25) is 9.69 Å². The number of likely N-dealkylation sites (N-methyl/N-ethyl adjacent to an activating group) is 1. The molecule has 0 bridgehead atoms. The average molecular weight is 320 g/mol. The predicted molar refractivity (Wildman–Crippen MR) is 93.2 cm³/mol. The number of methoxy groups -OCH3 is 1. The maximum Gasteiger partial charge on any atom is 0.234 e. The van der Waals surface area contributed by atoms with E-state index < -0.39 is 0 Å². The van der Waals surface area contributed by atoms with E-state index in [2.05, 4.69) is 26.1 Å². The first kappa shape index (κ1) is 17.6. The van der Waals surface area contributed by atoms with E-state index in [0.29, 0.717) is 13.1 Å². The van der Waals surface area contributed by atoms with Gasteiger partial charge in [-0.05, 0) is 26.2 Å². The molecule has 0 aromatic heterocycles. The summed E-state index contributed by atoms with van der Waals surface area (Å²) in [5, 5.41) is 2.97. The zero-order valence-electron chi connectivity index (χ0n) is 14.4. The van der Waals surface area contributed by atoms with E-state index >= 15 is 0 Å². The van der Waals surface area contributed by atoms with Crippen LogP contribution in [0.15, 0.2) is 24.3 Å². The third-order valence-electron chi connectivity index (χ3n) is 4.05. The van der Waals surface area contributed by atoms with Crippen molar-refractivity contribution in [1.29, 1.82) is 0 Å². The van der Waals surface area contributed by atoms with Crippen LogP contribution in [0.25, 0.3) is 0 Å². The molecule has 6 heteroatoms. The van der Waals surface area contributed by atoms with Gasteiger partial charge in [0.15, 0.2) is 0 Å². The van der Waals surface area contributed by atoms with Crippen molar-refractivity contribution in [3.8, 4) is 5.75 Å². The van der Waals surface area contributed by atoms with Crippen LogP contribution >= 0.6 is 0 Å². The first-order chi connectivity index (χ1) is 11.1. The Kier molecular flexibility index (Phi) is 6.67. The van der Waals surface area contributed by atoms with E-state index in [1.165, 1.54) is 0 Å². The second-order valence-corrected chi connectivity index (χ2v) is 6.09. The molecule has 1 aliphatic heterocycles. The Hall–Kier alpha value is -1.79. The summed E-state index contributed by atoms with van der Waals surface area (Å²) in [6.45, 7) is 5.64. The number of anilines is 1. The highest BCUT2D eigenvalue weighted by Crippen LogP contribution is 2.28. The number of para-hydroxylation sites is 2. The van der Waals surface area contributed by atoms with Gasteiger partial charge in [0.1, 0.15) is 5.75 Å². The van der Waals surface area contributed by atoms with Crippen molar-refractivity contribution in [1.82, 2.24) is 15.1 Å². The fourth-order valence-electron chi connectivity index (χ4n) is 2.72. The van der Waals surface area contributed by atoms with Gasteiger partial charge in [0.05, 0.1) is 19.3 Å². The number of amides is 1. The maximum absolute atomic E-state index is 11.9. The highest BCUT2D eigenvalue weighted by molar-refractivity contribution is 5.78. The molecule has 1 aromatic rings. The smallest absolute Gasteiger partial charge is 0.234 e. The van der Waals surface area contributed by atoms with Crippen LogP contribution in [0.1, 0.15) is 0 Å². The highest BCUT2D eigenvalue weighted by atomic mass is 16.5. The quantitative estimate of drug-likeness (QED) is 0.793. The van der Waals surface area contributed by atoms with Gasteiger partial charge < -0.3 is 19.9 Å². The summed E-state index contributed by atoms with van der Waals surface area (Å²) in [4.78, 5) is 18.5. The fourth-order valence-corrected chi connectivity index (χ4v) is 2.72. The number of nitrogens with one attached hydrogen (secondary N) is 1. The van der Waals surface area contributed by atoms with E-state index in [0.717, 1.165) is 44.2 Å². The highest BCUT2D eigenvalue weighted by Gasteiger charge is 2.20. The van der Waals surface area contributed by atoms with Crippen LogP contribution < -0.4 is 15.0 Å². The van der Waals surface area contributed by atoms with Gasteiger partial charge in [0, 0.05) is 39.3 Å². The molecule has 128 valence electrons. The van der Waals surface area contributed by atoms with Crippen molar-refractivity contribution in [2.75, 3.05) is 71.9 Å². The van der Waals surface area contributed by atoms with Crippen molar-refractivity contribution in [3.05, 3.63) is 24.3 Å². The molecule has 0 unspecified atom stereocenters. The number of hydrogen-bond donors (Lipinski definition) is 1. The Morgan fingerprint density at radius 1 is 1.22 bits per heavy atom. The van der Waals surface area contributed by atoms with Crippen LogP contribution in [-0.4, -0.2) is 82.7 Å². The van der Waals surface area contributed by atoms with Gasteiger partial charge in [-0.15, -0.1) is 0 Å². The lowest BCUT2D eigenvalue weighted by Crippen LogP contribution is -2.50. The number of ether oxygens (including phenoxy) is 1. The Morgan fingerprint density at radius 2 is 1.91 bits per heavy atom. The molecule has 1 amide bonds. The van der Waals surface area contributed by atoms with E-state index in [4.69, 9.17) is 4.74 Å². The van der Waals surface area contributed by atoms with E-state index in [1.807, 2.05) is 32.3 Å². The third kappa shape index (κ3) is 5.41. The standard InChI is InChI=1S/C17H28N4O2/c1-19(2)9-8-18-17(22)14-20-10-12-21(13-11-20)15-6-4-5-7-16(15)23-3/h4-7H,8-14H2,1-3H3,(H,18,22). The molecular formula is C17H28N4O2. The number of carbonyl (C=O) groups excluding carboxylic acids is 1. The summed E-state index contributed by atoms with van der Waals surface area (Å²) in [5.74, 6) is 1.01. The van der Waals surface area contributed by atoms with Crippen LogP contribution in [0, 0.1) is 0 Å². The van der Waals surface area contributed by atoms with Crippen LogP contribution in [-0.2, 0) is 4.79 Å². The molecule has 1 N–H and O–H groups in total. The van der Waals surface area contributed by atoms with E-state index in [-0.39, 0.29) is 5.91 Å². The molecule has 1 heterocycles. The molecule has 2 rings (SSSR count). The lowest BCUT2D eigenvalue weighted by molar-refractivity contribution is -0.122. The van der Waals surface area contributed by atoms with E-state index in [9.17, 15) is 4.79 Å². The molecular weight excluding hydrogens is 292 g/mol. The monoisotopic (exact) mass is 320 g/mol. The van der Waals surface area contributed by atoms with Crippen molar-refractivity contribution in [3.63, 3.8) is 0 Å². The molecule has 1 fully saturated rings. The number of rotatable bonds is 7. The Bertz CT molecular complexity index is 499. The number of hydrogen-bond acceptors (Lipinski definition) is 5. The summed E-state index contributed by atoms with van der Waals surface area (Å²) in [6, 6.07) is 8.08. The lowest BCUT2D eigenvalue weighted by Gasteiger charge is -2.36. The molecule has 1 aliphatic rings. The molecule has 0 spiro atoms. The number of piperazine rings is 1. The number of carbonyl (C=O) groups is 1. The molecule has 0 atom stereocenters. The molecule has 6 nitrogen and oxygen atoms in total. The Labute approximate surface area is 139 Å². The fraction of sp³-hybridized carbons (Fsp3) is 0.588. The second-order valence-electron chi connectivity index (χ2n) is 6.09. The van der Waals surface area contributed by atoms with E-state index in [1.54, 1.807) is 7.11 Å². The number of benzene rings is 1. The van der Waals surface area contributed by atoms with Gasteiger partial charge in [-0.1, -0.05) is 12.1 Å². The SMILES string of the molecule is COc1ccccc1N1CCN(CC(=O)NCCN(C)C)CC1. The second kappa shape index (κ2) is 8.74. The normalized spacial score (nSPS) is 15.7. The van der Waals surface area contributed by atoms with Crippen LogP contribution in [0.3, 0.4) is 0 Å². The van der Waals surface area contributed by atoms with Crippen molar-refractivity contribution in [2.45, 2.75) is 0 Å². The number of nitrogens with zero attached hydrogens (tertiary/aromatic N) is 3. The summed E-state index contributed by atoms with van der Waals surface area (Å²) in [5.41, 5.74) is 1.13. The first-order valence-corrected chi connectivity index (χ1v) is 8.12. The average Bonchev–Trinajstić information content (AvgIpc) is 2.55. The zero-order chi connectivity index (χ0) is 16.7. The summed E-state index contributed by atoms with van der Waals surface area (Å²) >= 11 is 0. The van der Waals surface area contributed by atoms with Gasteiger partial charge in [0.25, 0.3) is 0 Å². The lowest BCUT2D eigenvalue weighted by atomic mass is 10.2. The predicted octanol–water partition coefficient (Wildman–Crippen LogP) is 0.495. The minimum Gasteiger partial charge on any atom is -0.495 e. The zero-order valence-corrected chi connectivity index (χ0v) is 14.4. The van der Waals surface area contributed by atoms with Crippen LogP contribution in [0.5, 0.6) is 5.75 Å². The summed E-state index contributed by atoms with van der Waals surface area (Å²) < 4.78 is 5.43. The van der Waals surface area contributed by atoms with Crippen LogP contribution in [0.2, 0.25) is 0 Å². The molecule has 0 aliphatic carbocycles. The van der Waals surface area contributed by atoms with Crippen molar-refractivity contribution in [2.24, 2.45) is 0 Å². The molecule has 1 saturated heterocycles. The summed E-state index contributed by atoms with van der Waals surface area (Å²) in [7, 11) is 5.71. The van der Waals surface area contributed by atoms with Gasteiger partial charge in [0.2, 0.25) is 5.91 Å². The topological polar surface area (TPSA) is 48.1 Å². The molecule has 23 heavy (non-hydrogen) atoms. The van der Waals surface area contributed by atoms with Gasteiger partial charge >= 0.3 is 0 Å². The summed E-state index contributed by atoms with van der Waals surface area (Å²) in [6.07, 6.45) is 0. The minimum atomic E-state index is 0.109. The van der Waals surface area contributed by atoms with Crippen molar-refractivity contribution >= 4 is 11.6 Å². The van der Waals surface area contributed by atoms with Gasteiger partial charge in [-0.2, -0.15) is 0 Å². The largest absolute Gasteiger partial charge is 0.495 e. The Balaban J connectivity index is 1.76.